The van der Waals surface area contributed by atoms with E-state index in [4.69, 9.17) is 0 Å². The topological polar surface area (TPSA) is 87.4 Å². The molecule has 2 aromatic heterocycles. The van der Waals surface area contributed by atoms with Gasteiger partial charge in [0.1, 0.15) is 17.9 Å². The standard InChI is InChI=1S/C18H15F3N4O4/c1-28-15(26)11-22-16(27)14-10-23-25(17(14)24-8-2-3-9-24)12-4-6-13(7-5-12)29-18(19,20)21/h2-10H,11H2,1H3,(H,22,27). The van der Waals surface area contributed by atoms with Crippen LogP contribution >= 0.6 is 0 Å². The van der Waals surface area contributed by atoms with Gasteiger partial charge in [0.2, 0.25) is 0 Å². The summed E-state index contributed by atoms with van der Waals surface area (Å²) in [7, 11) is 1.20. The average molecular weight is 408 g/mol. The second-order valence-electron chi connectivity index (χ2n) is 5.68. The number of carbonyl (C=O) groups is 2. The van der Waals surface area contributed by atoms with Crippen LogP contribution in [0.2, 0.25) is 0 Å². The van der Waals surface area contributed by atoms with Gasteiger partial charge in [0.15, 0.2) is 5.82 Å². The van der Waals surface area contributed by atoms with Crippen LogP contribution in [0.15, 0.2) is 55.0 Å². The average Bonchev–Trinajstić information content (AvgIpc) is 3.34. The Morgan fingerprint density at radius 3 is 2.38 bits per heavy atom. The molecule has 3 aromatic rings. The Labute approximate surface area is 162 Å². The highest BCUT2D eigenvalue weighted by atomic mass is 19.4. The first kappa shape index (κ1) is 20.0. The molecule has 0 saturated carbocycles. The SMILES string of the molecule is COC(=O)CNC(=O)c1cnn(-c2ccc(OC(F)(F)F)cc2)c1-n1cccc1. The molecule has 0 spiro atoms. The molecular weight excluding hydrogens is 393 g/mol. The van der Waals surface area contributed by atoms with Crippen molar-refractivity contribution in [3.05, 3.63) is 60.6 Å². The van der Waals surface area contributed by atoms with Crippen molar-refractivity contribution >= 4 is 11.9 Å². The zero-order valence-electron chi connectivity index (χ0n) is 15.0. The van der Waals surface area contributed by atoms with Gasteiger partial charge in [0, 0.05) is 12.4 Å². The van der Waals surface area contributed by atoms with Gasteiger partial charge in [-0.05, 0) is 36.4 Å². The first-order valence-electron chi connectivity index (χ1n) is 8.21. The van der Waals surface area contributed by atoms with Crippen LogP contribution in [-0.4, -0.2) is 46.2 Å². The normalized spacial score (nSPS) is 11.2. The van der Waals surface area contributed by atoms with Crippen molar-refractivity contribution in [1.29, 1.82) is 0 Å². The van der Waals surface area contributed by atoms with Crippen molar-refractivity contribution in [2.24, 2.45) is 0 Å². The smallest absolute Gasteiger partial charge is 0.468 e. The Morgan fingerprint density at radius 2 is 1.79 bits per heavy atom. The van der Waals surface area contributed by atoms with Gasteiger partial charge in [-0.15, -0.1) is 13.2 Å². The van der Waals surface area contributed by atoms with Gasteiger partial charge in [0.25, 0.3) is 5.91 Å². The maximum absolute atomic E-state index is 12.5. The Morgan fingerprint density at radius 1 is 1.14 bits per heavy atom. The molecule has 0 atom stereocenters. The summed E-state index contributed by atoms with van der Waals surface area (Å²) >= 11 is 0. The number of hydrogen-bond acceptors (Lipinski definition) is 5. The molecule has 0 bridgehead atoms. The predicted molar refractivity (Wildman–Crippen MR) is 93.9 cm³/mol. The third kappa shape index (κ3) is 4.75. The van der Waals surface area contributed by atoms with E-state index >= 15 is 0 Å². The molecule has 29 heavy (non-hydrogen) atoms. The number of aromatic nitrogens is 3. The molecule has 0 saturated heterocycles. The number of benzene rings is 1. The lowest BCUT2D eigenvalue weighted by Gasteiger charge is -2.12. The molecule has 0 unspecified atom stereocenters. The van der Waals surface area contributed by atoms with Crippen LogP contribution in [-0.2, 0) is 9.53 Å². The fourth-order valence-corrected chi connectivity index (χ4v) is 2.52. The lowest BCUT2D eigenvalue weighted by atomic mass is 10.2. The summed E-state index contributed by atoms with van der Waals surface area (Å²) in [5, 5.41) is 6.60. The van der Waals surface area contributed by atoms with Crippen molar-refractivity contribution < 1.29 is 32.2 Å². The van der Waals surface area contributed by atoms with E-state index in [9.17, 15) is 22.8 Å². The van der Waals surface area contributed by atoms with Crippen LogP contribution in [0, 0.1) is 0 Å². The summed E-state index contributed by atoms with van der Waals surface area (Å²) in [5.74, 6) is -1.23. The number of alkyl halides is 3. The van der Waals surface area contributed by atoms with Gasteiger partial charge < -0.3 is 19.4 Å². The van der Waals surface area contributed by atoms with Crippen molar-refractivity contribution in [3.8, 4) is 17.3 Å². The van der Waals surface area contributed by atoms with Gasteiger partial charge in [-0.2, -0.15) is 5.10 Å². The summed E-state index contributed by atoms with van der Waals surface area (Å²) < 4.78 is 48.4. The Bertz CT molecular complexity index is 995. The highest BCUT2D eigenvalue weighted by Gasteiger charge is 2.31. The largest absolute Gasteiger partial charge is 0.573 e. The molecule has 1 N–H and O–H groups in total. The number of nitrogens with one attached hydrogen (secondary N) is 1. The van der Waals surface area contributed by atoms with E-state index in [2.05, 4.69) is 19.9 Å². The number of amides is 1. The number of rotatable bonds is 6. The molecule has 2 heterocycles. The first-order chi connectivity index (χ1) is 13.8. The van der Waals surface area contributed by atoms with Crippen LogP contribution in [0.5, 0.6) is 5.75 Å². The van der Waals surface area contributed by atoms with Gasteiger partial charge in [-0.1, -0.05) is 0 Å². The summed E-state index contributed by atoms with van der Waals surface area (Å²) in [6, 6.07) is 8.48. The van der Waals surface area contributed by atoms with Gasteiger partial charge in [-0.25, -0.2) is 4.68 Å². The predicted octanol–water partition coefficient (Wildman–Crippen LogP) is 2.46. The lowest BCUT2D eigenvalue weighted by Crippen LogP contribution is -2.30. The number of halogens is 3. The molecule has 0 aliphatic carbocycles. The Hall–Kier alpha value is -3.76. The molecule has 11 heteroatoms. The lowest BCUT2D eigenvalue weighted by molar-refractivity contribution is -0.274. The quantitative estimate of drug-likeness (QED) is 0.634. The molecule has 1 aromatic carbocycles. The van der Waals surface area contributed by atoms with E-state index in [1.165, 1.54) is 30.1 Å². The van der Waals surface area contributed by atoms with E-state index < -0.39 is 18.2 Å². The number of methoxy groups -OCH3 is 1. The van der Waals surface area contributed by atoms with Crippen molar-refractivity contribution in [2.75, 3.05) is 13.7 Å². The molecule has 0 aliphatic heterocycles. The number of nitrogens with zero attached hydrogens (tertiary/aromatic N) is 3. The monoisotopic (exact) mass is 408 g/mol. The molecular formula is C18H15F3N4O4. The van der Waals surface area contributed by atoms with E-state index in [0.29, 0.717) is 11.5 Å². The van der Waals surface area contributed by atoms with Gasteiger partial charge >= 0.3 is 12.3 Å². The number of hydrogen-bond donors (Lipinski definition) is 1. The summed E-state index contributed by atoms with van der Waals surface area (Å²) in [6.07, 6.45) is -0.159. The fraction of sp³-hybridized carbons (Fsp3) is 0.167. The molecule has 3 rings (SSSR count). The zero-order valence-corrected chi connectivity index (χ0v) is 15.0. The first-order valence-corrected chi connectivity index (χ1v) is 8.21. The van der Waals surface area contributed by atoms with Crippen LogP contribution < -0.4 is 10.1 Å². The van der Waals surface area contributed by atoms with Crippen LogP contribution in [0.4, 0.5) is 13.2 Å². The van der Waals surface area contributed by atoms with Crippen LogP contribution in [0.3, 0.4) is 0 Å². The maximum Gasteiger partial charge on any atom is 0.573 e. The molecule has 8 nitrogen and oxygen atoms in total. The van der Waals surface area contributed by atoms with Crippen LogP contribution in [0.1, 0.15) is 10.4 Å². The third-order valence-corrected chi connectivity index (χ3v) is 3.77. The van der Waals surface area contributed by atoms with Crippen molar-refractivity contribution in [2.45, 2.75) is 6.36 Å². The van der Waals surface area contributed by atoms with Crippen molar-refractivity contribution in [1.82, 2.24) is 19.7 Å². The zero-order chi connectivity index (χ0) is 21.0. The number of esters is 1. The molecule has 0 fully saturated rings. The minimum atomic E-state index is -4.80. The highest BCUT2D eigenvalue weighted by molar-refractivity contribution is 5.98. The summed E-state index contributed by atoms with van der Waals surface area (Å²) in [4.78, 5) is 23.8. The highest BCUT2D eigenvalue weighted by Crippen LogP contribution is 2.25. The Balaban J connectivity index is 1.94. The summed E-state index contributed by atoms with van der Waals surface area (Å²) in [5.41, 5.74) is 0.552. The molecule has 152 valence electrons. The van der Waals surface area contributed by atoms with E-state index in [1.54, 1.807) is 29.1 Å². The summed E-state index contributed by atoms with van der Waals surface area (Å²) in [6.45, 7) is -0.324. The fourth-order valence-electron chi connectivity index (χ4n) is 2.52. The minimum Gasteiger partial charge on any atom is -0.468 e. The van der Waals surface area contributed by atoms with Gasteiger partial charge in [0.05, 0.1) is 19.0 Å². The van der Waals surface area contributed by atoms with Gasteiger partial charge in [-0.3, -0.25) is 9.59 Å². The third-order valence-electron chi connectivity index (χ3n) is 3.77. The molecule has 0 aliphatic rings. The second kappa shape index (κ2) is 8.09. The van der Waals surface area contributed by atoms with Crippen LogP contribution in [0.25, 0.3) is 11.5 Å². The number of ether oxygens (including phenoxy) is 2. The maximum atomic E-state index is 12.5. The second-order valence-corrected chi connectivity index (χ2v) is 5.68. The minimum absolute atomic E-state index is 0.153. The van der Waals surface area contributed by atoms with Crippen molar-refractivity contribution in [3.63, 3.8) is 0 Å². The molecule has 0 radical (unpaired) electrons. The van der Waals surface area contributed by atoms with E-state index in [0.717, 1.165) is 12.1 Å². The van der Waals surface area contributed by atoms with E-state index in [-0.39, 0.29) is 17.9 Å². The number of carbonyl (C=O) groups excluding carboxylic acids is 2. The van der Waals surface area contributed by atoms with E-state index in [1.807, 2.05) is 0 Å². The Kier molecular flexibility index (Phi) is 5.57. The molecule has 1 amide bonds.